The molecule has 1 aromatic rings. The maximum Gasteiger partial charge on any atom is 0.335 e. The highest BCUT2D eigenvalue weighted by molar-refractivity contribution is 5.87. The lowest BCUT2D eigenvalue weighted by atomic mass is 9.95. The maximum absolute atomic E-state index is 10.7. The molecule has 1 heterocycles. The average molecular weight is 191 g/mol. The monoisotopic (exact) mass is 191 g/mol. The molecule has 1 aliphatic rings. The van der Waals surface area contributed by atoms with Crippen LogP contribution in [0.15, 0.2) is 18.2 Å². The number of rotatable bonds is 1. The van der Waals surface area contributed by atoms with Gasteiger partial charge < -0.3 is 10.4 Å². The molecule has 14 heavy (non-hydrogen) atoms. The van der Waals surface area contributed by atoms with Crippen LogP contribution in [0.5, 0.6) is 0 Å². The fourth-order valence-electron chi connectivity index (χ4n) is 1.81. The molecule has 74 valence electrons. The van der Waals surface area contributed by atoms with Gasteiger partial charge in [0.2, 0.25) is 0 Å². The molecule has 1 aliphatic heterocycles. The van der Waals surface area contributed by atoms with Crippen LogP contribution in [0.4, 0.5) is 0 Å². The van der Waals surface area contributed by atoms with Gasteiger partial charge in [-0.2, -0.15) is 0 Å². The fraction of sp³-hybridized carbons (Fsp3) is 0.364. The van der Waals surface area contributed by atoms with Gasteiger partial charge in [0, 0.05) is 12.6 Å². The van der Waals surface area contributed by atoms with Crippen LogP contribution in [-0.2, 0) is 13.0 Å². The van der Waals surface area contributed by atoms with E-state index in [1.807, 2.05) is 6.07 Å². The van der Waals surface area contributed by atoms with E-state index >= 15 is 0 Å². The Balaban J connectivity index is 2.36. The Kier molecular flexibility index (Phi) is 2.25. The van der Waals surface area contributed by atoms with Gasteiger partial charge in [-0.1, -0.05) is 6.07 Å². The number of carboxylic acid groups (broad SMARTS) is 1. The molecule has 0 bridgehead atoms. The first-order valence-corrected chi connectivity index (χ1v) is 4.75. The summed E-state index contributed by atoms with van der Waals surface area (Å²) < 4.78 is 0. The van der Waals surface area contributed by atoms with Crippen molar-refractivity contribution < 1.29 is 9.90 Å². The summed E-state index contributed by atoms with van der Waals surface area (Å²) in [5.41, 5.74) is 2.75. The molecular weight excluding hydrogens is 178 g/mol. The second-order valence-electron chi connectivity index (χ2n) is 3.77. The summed E-state index contributed by atoms with van der Waals surface area (Å²) in [6.07, 6.45) is 0.981. The van der Waals surface area contributed by atoms with Crippen LogP contribution in [0.1, 0.15) is 28.4 Å². The van der Waals surface area contributed by atoms with Gasteiger partial charge >= 0.3 is 5.97 Å². The molecule has 1 atom stereocenters. The first-order valence-electron chi connectivity index (χ1n) is 4.75. The lowest BCUT2D eigenvalue weighted by molar-refractivity contribution is 0.0696. The van der Waals surface area contributed by atoms with E-state index in [-0.39, 0.29) is 0 Å². The minimum Gasteiger partial charge on any atom is -0.478 e. The van der Waals surface area contributed by atoms with Crippen molar-refractivity contribution in [2.75, 3.05) is 0 Å². The zero-order valence-corrected chi connectivity index (χ0v) is 8.08. The average Bonchev–Trinajstić information content (AvgIpc) is 2.16. The number of aromatic carboxylic acids is 1. The summed E-state index contributed by atoms with van der Waals surface area (Å²) in [5.74, 6) is -0.855. The first-order chi connectivity index (χ1) is 6.66. The predicted octanol–water partition coefficient (Wildman–Crippen LogP) is 1.42. The zero-order valence-electron chi connectivity index (χ0n) is 8.08. The molecule has 0 saturated carbocycles. The second-order valence-corrected chi connectivity index (χ2v) is 3.77. The molecule has 0 amide bonds. The number of carboxylic acids is 1. The Morgan fingerprint density at radius 1 is 1.50 bits per heavy atom. The first kappa shape index (κ1) is 9.21. The summed E-state index contributed by atoms with van der Waals surface area (Å²) in [6, 6.07) is 5.85. The molecule has 2 N–H and O–H groups in total. The van der Waals surface area contributed by atoms with Crippen LogP contribution in [0, 0.1) is 0 Å². The lowest BCUT2D eigenvalue weighted by Crippen LogP contribution is -2.32. The fourth-order valence-corrected chi connectivity index (χ4v) is 1.81. The van der Waals surface area contributed by atoms with Crippen molar-refractivity contribution in [2.45, 2.75) is 25.9 Å². The summed E-state index contributed by atoms with van der Waals surface area (Å²) in [5, 5.41) is 12.1. The Morgan fingerprint density at radius 2 is 2.29 bits per heavy atom. The van der Waals surface area contributed by atoms with Crippen molar-refractivity contribution in [3.8, 4) is 0 Å². The van der Waals surface area contributed by atoms with Crippen molar-refractivity contribution in [1.82, 2.24) is 5.32 Å². The van der Waals surface area contributed by atoms with Gasteiger partial charge in [-0.05, 0) is 36.6 Å². The predicted molar refractivity (Wildman–Crippen MR) is 53.4 cm³/mol. The summed E-state index contributed by atoms with van der Waals surface area (Å²) in [7, 11) is 0. The van der Waals surface area contributed by atoms with Crippen molar-refractivity contribution >= 4 is 5.97 Å². The van der Waals surface area contributed by atoms with Gasteiger partial charge in [-0.25, -0.2) is 4.79 Å². The summed E-state index contributed by atoms with van der Waals surface area (Å²) >= 11 is 0. The van der Waals surface area contributed by atoms with Gasteiger partial charge in [0.15, 0.2) is 0 Å². The van der Waals surface area contributed by atoms with Gasteiger partial charge in [-0.15, -0.1) is 0 Å². The highest BCUT2D eigenvalue weighted by atomic mass is 16.4. The largest absolute Gasteiger partial charge is 0.478 e. The van der Waals surface area contributed by atoms with Crippen molar-refractivity contribution in [2.24, 2.45) is 0 Å². The number of carbonyl (C=O) groups is 1. The van der Waals surface area contributed by atoms with Gasteiger partial charge in [-0.3, -0.25) is 0 Å². The molecule has 2 rings (SSSR count). The van der Waals surface area contributed by atoms with E-state index in [2.05, 4.69) is 12.2 Å². The molecule has 0 fully saturated rings. The van der Waals surface area contributed by atoms with E-state index in [0.29, 0.717) is 11.6 Å². The van der Waals surface area contributed by atoms with Crippen molar-refractivity contribution in [3.63, 3.8) is 0 Å². The van der Waals surface area contributed by atoms with Crippen molar-refractivity contribution in [1.29, 1.82) is 0 Å². The SMILES string of the molecule is C[C@H]1Cc2ccc(C(=O)O)cc2CN1. The van der Waals surface area contributed by atoms with Crippen LogP contribution >= 0.6 is 0 Å². The standard InChI is InChI=1S/C11H13NO2/c1-7-4-8-2-3-9(11(13)14)5-10(8)6-12-7/h2-3,5,7,12H,4,6H2,1H3,(H,13,14)/t7-/m0/s1. The Labute approximate surface area is 82.8 Å². The maximum atomic E-state index is 10.7. The molecule has 0 radical (unpaired) electrons. The normalized spacial score (nSPS) is 20.2. The molecule has 1 aromatic carbocycles. The van der Waals surface area contributed by atoms with Gasteiger partial charge in [0.25, 0.3) is 0 Å². The van der Waals surface area contributed by atoms with E-state index < -0.39 is 5.97 Å². The Hall–Kier alpha value is -1.35. The van der Waals surface area contributed by atoms with Gasteiger partial charge in [0.05, 0.1) is 5.56 Å². The minimum atomic E-state index is -0.855. The van der Waals surface area contributed by atoms with Crippen LogP contribution in [0.3, 0.4) is 0 Å². The third-order valence-electron chi connectivity index (χ3n) is 2.62. The third-order valence-corrected chi connectivity index (χ3v) is 2.62. The smallest absolute Gasteiger partial charge is 0.335 e. The van der Waals surface area contributed by atoms with E-state index in [1.54, 1.807) is 12.1 Å². The van der Waals surface area contributed by atoms with Crippen LogP contribution in [0.25, 0.3) is 0 Å². The van der Waals surface area contributed by atoms with E-state index in [9.17, 15) is 4.79 Å². The zero-order chi connectivity index (χ0) is 10.1. The molecular formula is C11H13NO2. The van der Waals surface area contributed by atoms with Crippen molar-refractivity contribution in [3.05, 3.63) is 34.9 Å². The van der Waals surface area contributed by atoms with E-state index in [1.165, 1.54) is 5.56 Å². The number of hydrogen-bond donors (Lipinski definition) is 2. The molecule has 0 unspecified atom stereocenters. The third kappa shape index (κ3) is 1.63. The molecule has 0 aromatic heterocycles. The van der Waals surface area contributed by atoms with Crippen LogP contribution in [0.2, 0.25) is 0 Å². The van der Waals surface area contributed by atoms with Crippen LogP contribution in [-0.4, -0.2) is 17.1 Å². The van der Waals surface area contributed by atoms with E-state index in [4.69, 9.17) is 5.11 Å². The molecule has 0 spiro atoms. The summed E-state index contributed by atoms with van der Waals surface area (Å²) in [4.78, 5) is 10.7. The number of benzene rings is 1. The lowest BCUT2D eigenvalue weighted by Gasteiger charge is -2.23. The number of nitrogens with one attached hydrogen (secondary N) is 1. The molecule has 3 heteroatoms. The Morgan fingerprint density at radius 3 is 3.00 bits per heavy atom. The highest BCUT2D eigenvalue weighted by Gasteiger charge is 2.15. The minimum absolute atomic E-state index is 0.375. The summed E-state index contributed by atoms with van der Waals surface area (Å²) in [6.45, 7) is 2.91. The molecule has 3 nitrogen and oxygen atoms in total. The second kappa shape index (κ2) is 3.42. The Bertz CT molecular complexity index is 374. The number of hydrogen-bond acceptors (Lipinski definition) is 2. The molecule has 0 aliphatic carbocycles. The van der Waals surface area contributed by atoms with Crippen LogP contribution < -0.4 is 5.32 Å². The quantitative estimate of drug-likeness (QED) is 0.705. The van der Waals surface area contributed by atoms with Gasteiger partial charge in [0.1, 0.15) is 0 Å². The number of fused-ring (bicyclic) bond motifs is 1. The topological polar surface area (TPSA) is 49.3 Å². The highest BCUT2D eigenvalue weighted by Crippen LogP contribution is 2.18. The van der Waals surface area contributed by atoms with E-state index in [0.717, 1.165) is 18.5 Å². The molecule has 0 saturated heterocycles.